The van der Waals surface area contributed by atoms with E-state index < -0.39 is 0 Å². The average Bonchev–Trinajstić information content (AvgIpc) is 3.05. The van der Waals surface area contributed by atoms with E-state index in [0.29, 0.717) is 18.3 Å². The molecule has 0 N–H and O–H groups in total. The van der Waals surface area contributed by atoms with Gasteiger partial charge >= 0.3 is 4.87 Å². The van der Waals surface area contributed by atoms with E-state index in [2.05, 4.69) is 17.1 Å². The Bertz CT molecular complexity index is 699. The zero-order chi connectivity index (χ0) is 15.7. The molecule has 1 aliphatic carbocycles. The first-order chi connectivity index (χ1) is 10.6. The minimum Gasteiger partial charge on any atom is -0.423 e. The van der Waals surface area contributed by atoms with E-state index in [1.165, 1.54) is 41.2 Å². The quantitative estimate of drug-likeness (QED) is 0.847. The monoisotopic (exact) mass is 321 g/mol. The Morgan fingerprint density at radius 3 is 2.91 bits per heavy atom. The standard InChI is InChI=1S/C16H23N3O2S/c1-4-5-11-6-7-12-13(8-11)22-16(20)19(12)9-14-17-18-15(21-14)10(2)3/h10-11H,4-9H2,1-3H3/t11-/m1/s1. The topological polar surface area (TPSA) is 60.9 Å². The number of hydrogen-bond acceptors (Lipinski definition) is 5. The van der Waals surface area contributed by atoms with Gasteiger partial charge in [-0.05, 0) is 25.2 Å². The van der Waals surface area contributed by atoms with Gasteiger partial charge in [0.05, 0.1) is 0 Å². The third-order valence-corrected chi connectivity index (χ3v) is 5.35. The predicted molar refractivity (Wildman–Crippen MR) is 86.5 cm³/mol. The van der Waals surface area contributed by atoms with Gasteiger partial charge in [-0.1, -0.05) is 44.9 Å². The fraction of sp³-hybridized carbons (Fsp3) is 0.688. The van der Waals surface area contributed by atoms with Gasteiger partial charge in [-0.2, -0.15) is 0 Å². The van der Waals surface area contributed by atoms with Crippen molar-refractivity contribution < 1.29 is 4.42 Å². The molecule has 0 amide bonds. The fourth-order valence-corrected chi connectivity index (χ4v) is 4.28. The maximum Gasteiger partial charge on any atom is 0.308 e. The highest BCUT2D eigenvalue weighted by Crippen LogP contribution is 2.30. The highest BCUT2D eigenvalue weighted by molar-refractivity contribution is 7.09. The van der Waals surface area contributed by atoms with Crippen molar-refractivity contribution in [2.75, 3.05) is 0 Å². The lowest BCUT2D eigenvalue weighted by Crippen LogP contribution is -2.20. The molecule has 0 unspecified atom stereocenters. The fourth-order valence-electron chi connectivity index (χ4n) is 3.13. The zero-order valence-corrected chi connectivity index (χ0v) is 14.3. The molecule has 1 aliphatic rings. The second kappa shape index (κ2) is 6.36. The molecular formula is C16H23N3O2S. The number of nitrogens with zero attached hydrogens (tertiary/aromatic N) is 3. The van der Waals surface area contributed by atoms with Crippen molar-refractivity contribution in [3.05, 3.63) is 32.0 Å². The summed E-state index contributed by atoms with van der Waals surface area (Å²) in [7, 11) is 0. The molecule has 2 aromatic heterocycles. The molecule has 0 saturated carbocycles. The van der Waals surface area contributed by atoms with Crippen molar-refractivity contribution in [1.82, 2.24) is 14.8 Å². The molecule has 2 aromatic rings. The van der Waals surface area contributed by atoms with Gasteiger partial charge in [0, 0.05) is 16.5 Å². The van der Waals surface area contributed by atoms with E-state index in [1.807, 2.05) is 18.4 Å². The Morgan fingerprint density at radius 1 is 1.41 bits per heavy atom. The van der Waals surface area contributed by atoms with Crippen LogP contribution in [0.3, 0.4) is 0 Å². The minimum absolute atomic E-state index is 0.103. The van der Waals surface area contributed by atoms with Gasteiger partial charge < -0.3 is 4.42 Å². The zero-order valence-electron chi connectivity index (χ0n) is 13.5. The Labute approximate surface area is 134 Å². The molecule has 6 heteroatoms. The number of thiazole rings is 1. The van der Waals surface area contributed by atoms with Crippen molar-refractivity contribution in [1.29, 1.82) is 0 Å². The van der Waals surface area contributed by atoms with Crippen LogP contribution in [0.2, 0.25) is 0 Å². The summed E-state index contributed by atoms with van der Waals surface area (Å²) in [6, 6.07) is 0. The van der Waals surface area contributed by atoms with Gasteiger partial charge in [-0.25, -0.2) is 0 Å². The SMILES string of the molecule is CCC[C@@H]1CCc2c(sc(=O)n2Cc2nnc(C(C)C)o2)C1. The molecular weight excluding hydrogens is 298 g/mol. The smallest absolute Gasteiger partial charge is 0.308 e. The molecule has 22 heavy (non-hydrogen) atoms. The minimum atomic E-state index is 0.103. The largest absolute Gasteiger partial charge is 0.423 e. The van der Waals surface area contributed by atoms with Crippen molar-refractivity contribution in [3.63, 3.8) is 0 Å². The van der Waals surface area contributed by atoms with Crippen LogP contribution in [0.1, 0.15) is 68.3 Å². The first-order valence-electron chi connectivity index (χ1n) is 8.12. The van der Waals surface area contributed by atoms with Crippen molar-refractivity contribution in [2.45, 2.75) is 65.3 Å². The van der Waals surface area contributed by atoms with Crippen LogP contribution in [-0.2, 0) is 19.4 Å². The van der Waals surface area contributed by atoms with Crippen LogP contribution in [0.5, 0.6) is 0 Å². The Balaban J connectivity index is 1.82. The Morgan fingerprint density at radius 2 is 2.23 bits per heavy atom. The maximum atomic E-state index is 12.3. The van der Waals surface area contributed by atoms with E-state index >= 15 is 0 Å². The molecule has 2 heterocycles. The van der Waals surface area contributed by atoms with Crippen LogP contribution in [-0.4, -0.2) is 14.8 Å². The maximum absolute atomic E-state index is 12.3. The molecule has 120 valence electrons. The Hall–Kier alpha value is -1.43. The van der Waals surface area contributed by atoms with Crippen molar-refractivity contribution >= 4 is 11.3 Å². The lowest BCUT2D eigenvalue weighted by atomic mass is 9.88. The Kier molecular flexibility index (Phi) is 4.47. The number of fused-ring (bicyclic) bond motifs is 1. The number of hydrogen-bond donors (Lipinski definition) is 0. The highest BCUT2D eigenvalue weighted by atomic mass is 32.1. The predicted octanol–water partition coefficient (Wildman–Crippen LogP) is 3.37. The second-order valence-corrected chi connectivity index (χ2v) is 7.46. The average molecular weight is 321 g/mol. The van der Waals surface area contributed by atoms with E-state index in [1.54, 1.807) is 0 Å². The molecule has 5 nitrogen and oxygen atoms in total. The molecule has 0 saturated heterocycles. The summed E-state index contributed by atoms with van der Waals surface area (Å²) >= 11 is 1.40. The molecule has 0 aliphatic heterocycles. The molecule has 0 radical (unpaired) electrons. The van der Waals surface area contributed by atoms with Crippen molar-refractivity contribution in [3.8, 4) is 0 Å². The van der Waals surface area contributed by atoms with Crippen LogP contribution >= 0.6 is 11.3 Å². The van der Waals surface area contributed by atoms with Crippen LogP contribution in [0, 0.1) is 5.92 Å². The molecule has 0 spiro atoms. The number of aromatic nitrogens is 3. The van der Waals surface area contributed by atoms with Crippen LogP contribution in [0.4, 0.5) is 0 Å². The van der Waals surface area contributed by atoms with Crippen LogP contribution in [0.15, 0.2) is 9.21 Å². The van der Waals surface area contributed by atoms with Gasteiger partial charge in [-0.15, -0.1) is 10.2 Å². The van der Waals surface area contributed by atoms with Gasteiger partial charge in [0.25, 0.3) is 0 Å². The summed E-state index contributed by atoms with van der Waals surface area (Å²) in [6.45, 7) is 6.67. The lowest BCUT2D eigenvalue weighted by Gasteiger charge is -2.22. The van der Waals surface area contributed by atoms with Crippen molar-refractivity contribution in [2.24, 2.45) is 5.92 Å². The van der Waals surface area contributed by atoms with Gasteiger partial charge in [0.2, 0.25) is 11.8 Å². The molecule has 1 atom stereocenters. The summed E-state index contributed by atoms with van der Waals surface area (Å²) in [5, 5.41) is 8.12. The van der Waals surface area contributed by atoms with Crippen LogP contribution in [0.25, 0.3) is 0 Å². The first-order valence-corrected chi connectivity index (χ1v) is 8.93. The highest BCUT2D eigenvalue weighted by Gasteiger charge is 2.24. The van der Waals surface area contributed by atoms with E-state index in [0.717, 1.165) is 18.8 Å². The van der Waals surface area contributed by atoms with E-state index in [4.69, 9.17) is 4.42 Å². The van der Waals surface area contributed by atoms with Crippen LogP contribution < -0.4 is 4.87 Å². The summed E-state index contributed by atoms with van der Waals surface area (Å²) in [4.78, 5) is 13.7. The third-order valence-electron chi connectivity index (χ3n) is 4.31. The number of rotatable bonds is 5. The first kappa shape index (κ1) is 15.5. The lowest BCUT2D eigenvalue weighted by molar-refractivity contribution is 0.401. The summed E-state index contributed by atoms with van der Waals surface area (Å²) in [5.74, 6) is 2.11. The van der Waals surface area contributed by atoms with Gasteiger partial charge in [-0.3, -0.25) is 9.36 Å². The summed E-state index contributed by atoms with van der Waals surface area (Å²) in [5.41, 5.74) is 1.19. The second-order valence-electron chi connectivity index (χ2n) is 6.41. The van der Waals surface area contributed by atoms with Gasteiger partial charge in [0.15, 0.2) is 0 Å². The normalized spacial score (nSPS) is 17.9. The third kappa shape index (κ3) is 3.02. The van der Waals surface area contributed by atoms with Gasteiger partial charge in [0.1, 0.15) is 6.54 Å². The molecule has 3 rings (SSSR count). The molecule has 0 bridgehead atoms. The molecule has 0 fully saturated rings. The summed E-state index contributed by atoms with van der Waals surface area (Å²) < 4.78 is 7.48. The van der Waals surface area contributed by atoms with E-state index in [-0.39, 0.29) is 10.8 Å². The molecule has 0 aromatic carbocycles. The summed E-state index contributed by atoms with van der Waals surface area (Å²) in [6.07, 6.45) is 5.70. The van der Waals surface area contributed by atoms with E-state index in [9.17, 15) is 4.79 Å².